The van der Waals surface area contributed by atoms with Gasteiger partial charge in [0.15, 0.2) is 0 Å². The summed E-state index contributed by atoms with van der Waals surface area (Å²) in [6.45, 7) is 6.66. The molecule has 404 valence electrons. The first kappa shape index (κ1) is 57.1. The third-order valence-electron chi connectivity index (χ3n) is 13.5. The Morgan fingerprint density at radius 1 is 0.487 bits per heavy atom. The average Bonchev–Trinajstić information content (AvgIpc) is 4.09. The fraction of sp³-hybridized carbons (Fsp3) is 0.290. The van der Waals surface area contributed by atoms with E-state index < -0.39 is 49.2 Å². The predicted molar refractivity (Wildman–Crippen MR) is 303 cm³/mol. The maximum atomic E-state index is 13.7. The fourth-order valence-electron chi connectivity index (χ4n) is 9.67. The first-order chi connectivity index (χ1) is 37.6. The Labute approximate surface area is 452 Å². The van der Waals surface area contributed by atoms with Crippen molar-refractivity contribution in [1.82, 2.24) is 29.7 Å². The van der Waals surface area contributed by atoms with Crippen molar-refractivity contribution in [3.8, 4) is 22.3 Å². The van der Waals surface area contributed by atoms with Crippen molar-refractivity contribution in [2.45, 2.75) is 103 Å². The Hall–Kier alpha value is -8.66. The molecule has 8 aromatic rings. The SMILES string of the molecule is CC(C)n1c([C@H](CCCCC(=N)CF)NC(=O)c2cc(-c3ccccc3)ccc2C(=O)O)nc2ccccc21.CC(C)n1c([C@H](CCCCC(=N)CF)NC(=O)c2ccc(-c3ccccc3)cc2C(=O)O)nc2ccccc21. The molecular weight excluding hydrogens is 991 g/mol. The van der Waals surface area contributed by atoms with Crippen molar-refractivity contribution in [2.75, 3.05) is 13.3 Å². The zero-order valence-corrected chi connectivity index (χ0v) is 44.3. The highest BCUT2D eigenvalue weighted by Crippen LogP contribution is 2.32. The van der Waals surface area contributed by atoms with Crippen molar-refractivity contribution in [1.29, 1.82) is 10.8 Å². The zero-order chi connectivity index (χ0) is 55.9. The second kappa shape index (κ2) is 26.9. The van der Waals surface area contributed by atoms with Crippen LogP contribution in [0.1, 0.15) is 156 Å². The lowest BCUT2D eigenvalue weighted by Gasteiger charge is -2.23. The number of imidazole rings is 2. The fourth-order valence-corrected chi connectivity index (χ4v) is 9.67. The van der Waals surface area contributed by atoms with Crippen LogP contribution in [0.15, 0.2) is 146 Å². The van der Waals surface area contributed by atoms with E-state index in [0.29, 0.717) is 68.6 Å². The lowest BCUT2D eigenvalue weighted by atomic mass is 9.98. The van der Waals surface area contributed by atoms with E-state index in [4.69, 9.17) is 20.8 Å². The van der Waals surface area contributed by atoms with Crippen molar-refractivity contribution in [3.63, 3.8) is 0 Å². The Kier molecular flexibility index (Phi) is 19.7. The molecule has 0 aliphatic carbocycles. The van der Waals surface area contributed by atoms with Crippen molar-refractivity contribution < 1.29 is 38.2 Å². The Morgan fingerprint density at radius 3 is 1.28 bits per heavy atom. The van der Waals surface area contributed by atoms with E-state index in [1.54, 1.807) is 24.3 Å². The predicted octanol–water partition coefficient (Wildman–Crippen LogP) is 14.0. The molecule has 8 rings (SSSR count). The molecule has 0 saturated carbocycles. The summed E-state index contributed by atoms with van der Waals surface area (Å²) in [7, 11) is 0. The molecule has 0 unspecified atom stereocenters. The molecule has 2 aromatic heterocycles. The van der Waals surface area contributed by atoms with Crippen molar-refractivity contribution in [2.24, 2.45) is 0 Å². The molecular formula is C62H66F2N8O6. The summed E-state index contributed by atoms with van der Waals surface area (Å²) in [6, 6.07) is 43.1. The van der Waals surface area contributed by atoms with E-state index >= 15 is 0 Å². The molecule has 0 aliphatic heterocycles. The van der Waals surface area contributed by atoms with Gasteiger partial charge in [0.2, 0.25) is 0 Å². The van der Waals surface area contributed by atoms with Gasteiger partial charge in [0, 0.05) is 23.5 Å². The highest BCUT2D eigenvalue weighted by Gasteiger charge is 2.28. The number of carboxylic acids is 2. The third kappa shape index (κ3) is 14.0. The number of aromatic nitrogens is 4. The number of nitrogens with one attached hydrogen (secondary N) is 4. The van der Waals surface area contributed by atoms with Gasteiger partial charge in [-0.25, -0.2) is 28.3 Å². The largest absolute Gasteiger partial charge is 0.478 e. The number of aromatic carboxylic acids is 2. The summed E-state index contributed by atoms with van der Waals surface area (Å²) in [5.74, 6) is -2.02. The second-order valence-electron chi connectivity index (χ2n) is 19.7. The minimum absolute atomic E-state index is 0.0498. The molecule has 16 heteroatoms. The maximum absolute atomic E-state index is 13.7. The van der Waals surface area contributed by atoms with Gasteiger partial charge in [-0.2, -0.15) is 0 Å². The number of para-hydroxylation sites is 4. The number of carboxylic acid groups (broad SMARTS) is 2. The Bertz CT molecular complexity index is 3410. The van der Waals surface area contributed by atoms with Crippen LogP contribution < -0.4 is 10.6 Å². The summed E-state index contributed by atoms with van der Waals surface area (Å²) < 4.78 is 29.7. The zero-order valence-electron chi connectivity index (χ0n) is 44.3. The molecule has 2 atom stereocenters. The minimum Gasteiger partial charge on any atom is -0.478 e. The highest BCUT2D eigenvalue weighted by molar-refractivity contribution is 6.07. The van der Waals surface area contributed by atoms with Crippen molar-refractivity contribution >= 4 is 57.2 Å². The second-order valence-corrected chi connectivity index (χ2v) is 19.7. The van der Waals surface area contributed by atoms with Gasteiger partial charge in [-0.05, 0) is 137 Å². The molecule has 0 saturated heterocycles. The maximum Gasteiger partial charge on any atom is 0.336 e. The number of fused-ring (bicyclic) bond motifs is 2. The highest BCUT2D eigenvalue weighted by atomic mass is 19.1. The van der Waals surface area contributed by atoms with Crippen molar-refractivity contribution in [3.05, 3.63) is 179 Å². The van der Waals surface area contributed by atoms with Crippen LogP contribution >= 0.6 is 0 Å². The van der Waals surface area contributed by atoms with E-state index in [9.17, 15) is 38.2 Å². The van der Waals surface area contributed by atoms with E-state index in [1.807, 2.05) is 137 Å². The lowest BCUT2D eigenvalue weighted by Crippen LogP contribution is -2.32. The van der Waals surface area contributed by atoms with E-state index in [1.165, 1.54) is 12.1 Å². The number of alkyl halides is 2. The summed E-state index contributed by atoms with van der Waals surface area (Å²) in [5.41, 5.74) is 6.74. The average molecular weight is 1060 g/mol. The van der Waals surface area contributed by atoms with Crippen LogP contribution in [0, 0.1) is 10.8 Å². The molecule has 6 N–H and O–H groups in total. The summed E-state index contributed by atoms with van der Waals surface area (Å²) >= 11 is 0. The minimum atomic E-state index is -1.19. The number of carbonyl (C=O) groups excluding carboxylic acids is 2. The molecule has 14 nitrogen and oxygen atoms in total. The monoisotopic (exact) mass is 1060 g/mol. The van der Waals surface area contributed by atoms with Gasteiger partial charge >= 0.3 is 11.9 Å². The number of amides is 2. The quantitative estimate of drug-likeness (QED) is 0.0252. The molecule has 0 spiro atoms. The molecule has 2 heterocycles. The number of hydrogen-bond donors (Lipinski definition) is 6. The lowest BCUT2D eigenvalue weighted by molar-refractivity contribution is 0.0682. The number of unbranched alkanes of at least 4 members (excludes halogenated alkanes) is 2. The number of hydrogen-bond acceptors (Lipinski definition) is 8. The number of nitrogens with zero attached hydrogens (tertiary/aromatic N) is 4. The molecule has 78 heavy (non-hydrogen) atoms. The van der Waals surface area contributed by atoms with Crippen LogP contribution in [0.3, 0.4) is 0 Å². The first-order valence-corrected chi connectivity index (χ1v) is 26.3. The molecule has 2 amide bonds. The normalized spacial score (nSPS) is 12.0. The van der Waals surface area contributed by atoms with Crippen LogP contribution in [0.25, 0.3) is 44.3 Å². The van der Waals surface area contributed by atoms with Gasteiger partial charge in [0.1, 0.15) is 25.0 Å². The summed E-state index contributed by atoms with van der Waals surface area (Å²) in [5, 5.41) is 41.1. The number of rotatable bonds is 24. The van der Waals surface area contributed by atoms with Crippen LogP contribution in [0.4, 0.5) is 8.78 Å². The van der Waals surface area contributed by atoms with Gasteiger partial charge < -0.3 is 40.8 Å². The van der Waals surface area contributed by atoms with E-state index in [0.717, 1.165) is 38.8 Å². The van der Waals surface area contributed by atoms with E-state index in [2.05, 4.69) is 19.8 Å². The Morgan fingerprint density at radius 2 is 0.872 bits per heavy atom. The smallest absolute Gasteiger partial charge is 0.336 e. The van der Waals surface area contributed by atoms with Gasteiger partial charge in [0.25, 0.3) is 11.8 Å². The molecule has 0 bridgehead atoms. The topological polar surface area (TPSA) is 216 Å². The van der Waals surface area contributed by atoms with Crippen LogP contribution in [0.5, 0.6) is 0 Å². The van der Waals surface area contributed by atoms with Gasteiger partial charge in [0.05, 0.1) is 56.4 Å². The number of halogens is 2. The molecule has 0 fully saturated rings. The van der Waals surface area contributed by atoms with Crippen LogP contribution in [0.2, 0.25) is 0 Å². The van der Waals surface area contributed by atoms with Crippen LogP contribution in [-0.2, 0) is 0 Å². The number of carbonyl (C=O) groups is 4. The van der Waals surface area contributed by atoms with Gasteiger partial charge in [-0.3, -0.25) is 9.59 Å². The van der Waals surface area contributed by atoms with Crippen LogP contribution in [-0.4, -0.2) is 77.8 Å². The number of benzene rings is 6. The van der Waals surface area contributed by atoms with Gasteiger partial charge in [-0.1, -0.05) is 110 Å². The Balaban J connectivity index is 0.000000226. The molecule has 6 aromatic carbocycles. The molecule has 0 radical (unpaired) electrons. The molecule has 0 aliphatic rings. The first-order valence-electron chi connectivity index (χ1n) is 26.3. The van der Waals surface area contributed by atoms with E-state index in [-0.39, 0.29) is 45.8 Å². The summed E-state index contributed by atoms with van der Waals surface area (Å²) in [6.07, 6.45) is 4.16. The standard InChI is InChI=1S/2C31H33FN4O3/c1-20(2)36-28-15-9-8-13-26(28)34-29(36)27(14-7-6-12-23(33)19-32)35-30(37)25-18-22(16-17-24(25)31(38)39)21-10-4-3-5-11-21;1-20(2)36-28-15-9-8-13-26(28)34-29(36)27(14-7-6-12-23(33)19-32)35-30(37)24-17-16-22(18-25(24)31(38)39)21-10-4-3-5-11-21/h2*3-5,8-11,13,15-18,20,27,33H,6-7,12,14,19H2,1-2H3,(H,35,37)(H,38,39)/t2*27-/m00/s1. The summed E-state index contributed by atoms with van der Waals surface area (Å²) in [4.78, 5) is 61.3. The third-order valence-corrected chi connectivity index (χ3v) is 13.5. The van der Waals surface area contributed by atoms with Gasteiger partial charge in [-0.15, -0.1) is 0 Å².